The van der Waals surface area contributed by atoms with Crippen molar-refractivity contribution in [2.75, 3.05) is 11.9 Å². The molecule has 6 heteroatoms. The third-order valence-corrected chi connectivity index (χ3v) is 4.36. The van der Waals surface area contributed by atoms with Gasteiger partial charge in [0, 0.05) is 29.5 Å². The molecule has 23 heavy (non-hydrogen) atoms. The molecular formula is C17H21FN4O. The van der Waals surface area contributed by atoms with Crippen molar-refractivity contribution in [2.45, 2.75) is 38.9 Å². The van der Waals surface area contributed by atoms with Crippen molar-refractivity contribution in [3.05, 3.63) is 46.8 Å². The van der Waals surface area contributed by atoms with Crippen LogP contribution in [0.5, 0.6) is 0 Å². The molecule has 0 unspecified atom stereocenters. The lowest BCUT2D eigenvalue weighted by Crippen LogP contribution is -2.55. The van der Waals surface area contributed by atoms with E-state index in [0.29, 0.717) is 24.3 Å². The molecular weight excluding hydrogens is 295 g/mol. The predicted octanol–water partition coefficient (Wildman–Crippen LogP) is 2.39. The molecule has 1 fully saturated rings. The maximum absolute atomic E-state index is 13.2. The van der Waals surface area contributed by atoms with Gasteiger partial charge in [-0.1, -0.05) is 19.1 Å². The van der Waals surface area contributed by atoms with Gasteiger partial charge in [0.05, 0.1) is 0 Å². The Hall–Kier alpha value is -2.21. The first-order valence-corrected chi connectivity index (χ1v) is 7.90. The van der Waals surface area contributed by atoms with E-state index in [-0.39, 0.29) is 11.9 Å². The number of hydrogen-bond donors (Lipinski definition) is 3. The van der Waals surface area contributed by atoms with Gasteiger partial charge in [-0.25, -0.2) is 4.39 Å². The van der Waals surface area contributed by atoms with Crippen molar-refractivity contribution in [2.24, 2.45) is 0 Å². The fourth-order valence-corrected chi connectivity index (χ4v) is 2.74. The number of benzene rings is 1. The summed E-state index contributed by atoms with van der Waals surface area (Å²) in [5.74, 6) is -0.226. The number of amides is 1. The van der Waals surface area contributed by atoms with Crippen LogP contribution in [0.4, 0.5) is 10.1 Å². The van der Waals surface area contributed by atoms with Gasteiger partial charge < -0.3 is 10.6 Å². The van der Waals surface area contributed by atoms with Crippen LogP contribution in [-0.2, 0) is 12.8 Å². The number of carbonyl (C=O) groups excluding carboxylic acids is 1. The quantitative estimate of drug-likeness (QED) is 0.793. The predicted molar refractivity (Wildman–Crippen MR) is 87.5 cm³/mol. The number of aryl methyl sites for hydroxylation is 1. The van der Waals surface area contributed by atoms with E-state index in [9.17, 15) is 9.18 Å². The Morgan fingerprint density at radius 2 is 2.13 bits per heavy atom. The summed E-state index contributed by atoms with van der Waals surface area (Å²) in [4.78, 5) is 12.3. The van der Waals surface area contributed by atoms with Gasteiger partial charge in [-0.15, -0.1) is 0 Å². The average molecular weight is 316 g/mol. The molecule has 3 rings (SSSR count). The van der Waals surface area contributed by atoms with E-state index >= 15 is 0 Å². The molecule has 1 aromatic carbocycles. The number of hydrogen-bond acceptors (Lipinski definition) is 3. The molecule has 0 bridgehead atoms. The van der Waals surface area contributed by atoms with Crippen LogP contribution >= 0.6 is 0 Å². The smallest absolute Gasteiger partial charge is 0.276 e. The number of halogens is 1. The van der Waals surface area contributed by atoms with E-state index in [2.05, 4.69) is 20.8 Å². The molecule has 3 N–H and O–H groups in total. The van der Waals surface area contributed by atoms with E-state index in [1.54, 1.807) is 0 Å². The van der Waals surface area contributed by atoms with Gasteiger partial charge in [-0.3, -0.25) is 9.89 Å². The molecule has 1 aliphatic heterocycles. The second-order valence-electron chi connectivity index (χ2n) is 5.92. The van der Waals surface area contributed by atoms with Gasteiger partial charge in [-0.05, 0) is 37.5 Å². The van der Waals surface area contributed by atoms with Gasteiger partial charge >= 0.3 is 0 Å². The molecule has 1 amide bonds. The second-order valence-corrected chi connectivity index (χ2v) is 5.92. The maximum atomic E-state index is 13.2. The summed E-state index contributed by atoms with van der Waals surface area (Å²) < 4.78 is 13.2. The Bertz CT molecular complexity index is 695. The van der Waals surface area contributed by atoms with Crippen LogP contribution in [0.1, 0.15) is 34.2 Å². The van der Waals surface area contributed by atoms with Crippen molar-refractivity contribution in [3.8, 4) is 0 Å². The molecule has 1 aromatic heterocycles. The average Bonchev–Trinajstić information content (AvgIpc) is 2.93. The van der Waals surface area contributed by atoms with Gasteiger partial charge in [0.1, 0.15) is 6.17 Å². The Morgan fingerprint density at radius 1 is 1.39 bits per heavy atom. The van der Waals surface area contributed by atoms with E-state index in [4.69, 9.17) is 0 Å². The number of alkyl halides is 1. The normalized spacial score (nSPS) is 20.1. The lowest BCUT2D eigenvalue weighted by Gasteiger charge is -2.32. The zero-order valence-corrected chi connectivity index (χ0v) is 13.3. The second kappa shape index (κ2) is 6.50. The van der Waals surface area contributed by atoms with Crippen molar-refractivity contribution in [1.29, 1.82) is 0 Å². The number of nitrogens with zero attached hydrogens (tertiary/aromatic N) is 1. The molecule has 5 nitrogen and oxygen atoms in total. The highest BCUT2D eigenvalue weighted by Gasteiger charge is 2.29. The van der Waals surface area contributed by atoms with Gasteiger partial charge in [0.25, 0.3) is 5.91 Å². The summed E-state index contributed by atoms with van der Waals surface area (Å²) in [6.07, 6.45) is 0.712. The summed E-state index contributed by atoms with van der Waals surface area (Å²) in [6.45, 7) is 4.35. The zero-order chi connectivity index (χ0) is 16.4. The van der Waals surface area contributed by atoms with Crippen molar-refractivity contribution in [3.63, 3.8) is 0 Å². The van der Waals surface area contributed by atoms with Crippen LogP contribution < -0.4 is 10.6 Å². The summed E-state index contributed by atoms with van der Waals surface area (Å²) in [6, 6.07) is 7.41. The maximum Gasteiger partial charge on any atom is 0.276 e. The minimum atomic E-state index is -0.759. The van der Waals surface area contributed by atoms with Crippen molar-refractivity contribution in [1.82, 2.24) is 15.5 Å². The third kappa shape index (κ3) is 3.27. The van der Waals surface area contributed by atoms with Crippen molar-refractivity contribution < 1.29 is 9.18 Å². The molecule has 122 valence electrons. The lowest BCUT2D eigenvalue weighted by molar-refractivity contribution is 0.102. The highest BCUT2D eigenvalue weighted by molar-refractivity contribution is 6.03. The molecule has 0 saturated carbocycles. The lowest BCUT2D eigenvalue weighted by atomic mass is 9.96. The number of carbonyl (C=O) groups is 1. The summed E-state index contributed by atoms with van der Waals surface area (Å²) in [5, 5.41) is 12.9. The van der Waals surface area contributed by atoms with Gasteiger partial charge in [0.2, 0.25) is 0 Å². The summed E-state index contributed by atoms with van der Waals surface area (Å²) in [5.41, 5.74) is 4.03. The van der Waals surface area contributed by atoms with E-state index in [1.807, 2.05) is 38.1 Å². The fraction of sp³-hybridized carbons (Fsp3) is 0.412. The number of aromatic amines is 1. The van der Waals surface area contributed by atoms with Crippen LogP contribution in [0, 0.1) is 6.92 Å². The SMILES string of the molecule is CCc1[nH]nc(C(=O)Nc2ccc(C[C@@H]3NC[C@@H]3F)cc2)c1C. The van der Waals surface area contributed by atoms with Crippen LogP contribution in [0.25, 0.3) is 0 Å². The van der Waals surface area contributed by atoms with Crippen molar-refractivity contribution >= 4 is 11.6 Å². The first-order chi connectivity index (χ1) is 11.1. The monoisotopic (exact) mass is 316 g/mol. The summed E-state index contributed by atoms with van der Waals surface area (Å²) in [7, 11) is 0. The van der Waals surface area contributed by atoms with Gasteiger partial charge in [0.15, 0.2) is 5.69 Å². The van der Waals surface area contributed by atoms with Crippen LogP contribution in [0.2, 0.25) is 0 Å². The number of nitrogens with one attached hydrogen (secondary N) is 3. The minimum absolute atomic E-state index is 0.0883. The molecule has 1 saturated heterocycles. The Balaban J connectivity index is 1.63. The largest absolute Gasteiger partial charge is 0.321 e. The standard InChI is InChI=1S/C17H21FN4O/c1-3-14-10(2)16(22-21-14)17(23)20-12-6-4-11(5-7-12)8-15-13(18)9-19-15/h4-7,13,15,19H,3,8-9H2,1-2H3,(H,20,23)(H,21,22)/t13-,15-/m0/s1. The molecule has 2 aromatic rings. The van der Waals surface area contributed by atoms with E-state index in [1.165, 1.54) is 0 Å². The highest BCUT2D eigenvalue weighted by Crippen LogP contribution is 2.18. The molecule has 0 aliphatic carbocycles. The number of anilines is 1. The zero-order valence-electron chi connectivity index (χ0n) is 13.3. The van der Waals surface area contributed by atoms with Gasteiger partial charge in [-0.2, -0.15) is 5.10 Å². The van der Waals surface area contributed by atoms with E-state index in [0.717, 1.165) is 23.2 Å². The molecule has 2 atom stereocenters. The van der Waals surface area contributed by atoms with Crippen LogP contribution in [-0.4, -0.2) is 34.9 Å². The minimum Gasteiger partial charge on any atom is -0.321 e. The Morgan fingerprint density at radius 3 is 2.65 bits per heavy atom. The topological polar surface area (TPSA) is 69.8 Å². The van der Waals surface area contributed by atoms with E-state index < -0.39 is 6.17 Å². The number of aromatic nitrogens is 2. The number of rotatable bonds is 5. The molecule has 1 aliphatic rings. The molecule has 2 heterocycles. The number of H-pyrrole nitrogens is 1. The fourth-order valence-electron chi connectivity index (χ4n) is 2.74. The molecule has 0 radical (unpaired) electrons. The van der Waals surface area contributed by atoms with Crippen LogP contribution in [0.15, 0.2) is 24.3 Å². The first kappa shape index (κ1) is 15.7. The Labute approximate surface area is 134 Å². The first-order valence-electron chi connectivity index (χ1n) is 7.90. The Kier molecular flexibility index (Phi) is 4.43. The van der Waals surface area contributed by atoms with Crippen LogP contribution in [0.3, 0.4) is 0 Å². The highest BCUT2D eigenvalue weighted by atomic mass is 19.1. The summed E-state index contributed by atoms with van der Waals surface area (Å²) >= 11 is 0. The third-order valence-electron chi connectivity index (χ3n) is 4.36. The molecule has 0 spiro atoms.